The number of hydrogen-bond donors (Lipinski definition) is 4. The number of hydrogen-bond acceptors (Lipinski definition) is 5. The Bertz CT molecular complexity index is 339. The Hall–Kier alpha value is -0.135. The average Bonchev–Trinajstić information content (AvgIpc) is 2.91. The lowest BCUT2D eigenvalue weighted by Crippen LogP contribution is -2.48. The fourth-order valence-corrected chi connectivity index (χ4v) is 4.72. The van der Waals surface area contributed by atoms with Crippen molar-refractivity contribution in [2.75, 3.05) is 19.6 Å². The van der Waals surface area contributed by atoms with Gasteiger partial charge < -0.3 is 15.4 Å². The minimum absolute atomic E-state index is 0.507. The maximum atomic E-state index is 9.01. The standard InChI is InChI=1S/C16H32BN3O2/c21-17(22)9-3-4-12-20-15-6-2-1-5-14(15)19-16(20)13-7-10-18-11-8-13/h13-16,18-19,21-22H,1-12H2. The summed E-state index contributed by atoms with van der Waals surface area (Å²) in [5.41, 5.74) is 0. The van der Waals surface area contributed by atoms with Gasteiger partial charge in [-0.1, -0.05) is 19.3 Å². The third kappa shape index (κ3) is 4.03. The van der Waals surface area contributed by atoms with Crippen LogP contribution < -0.4 is 10.6 Å². The number of fused-ring (bicyclic) bond motifs is 1. The molecule has 0 aromatic carbocycles. The molecule has 22 heavy (non-hydrogen) atoms. The van der Waals surface area contributed by atoms with E-state index in [9.17, 15) is 0 Å². The summed E-state index contributed by atoms with van der Waals surface area (Å²) in [6, 6.07) is 1.41. The highest BCUT2D eigenvalue weighted by Gasteiger charge is 2.44. The van der Waals surface area contributed by atoms with Crippen molar-refractivity contribution in [3.63, 3.8) is 0 Å². The molecule has 3 unspecified atom stereocenters. The van der Waals surface area contributed by atoms with Crippen molar-refractivity contribution >= 4 is 7.12 Å². The molecule has 4 N–H and O–H groups in total. The van der Waals surface area contributed by atoms with Gasteiger partial charge in [0.15, 0.2) is 0 Å². The summed E-state index contributed by atoms with van der Waals surface area (Å²) in [7, 11) is -1.14. The van der Waals surface area contributed by atoms with Gasteiger partial charge in [0.05, 0.1) is 6.17 Å². The van der Waals surface area contributed by atoms with Gasteiger partial charge in [0.1, 0.15) is 0 Å². The summed E-state index contributed by atoms with van der Waals surface area (Å²) in [5.74, 6) is 0.773. The van der Waals surface area contributed by atoms with Crippen LogP contribution in [-0.2, 0) is 0 Å². The van der Waals surface area contributed by atoms with Gasteiger partial charge in [0.25, 0.3) is 0 Å². The molecule has 0 bridgehead atoms. The van der Waals surface area contributed by atoms with Gasteiger partial charge in [0, 0.05) is 12.1 Å². The molecule has 3 fully saturated rings. The lowest BCUT2D eigenvalue weighted by molar-refractivity contribution is 0.108. The summed E-state index contributed by atoms with van der Waals surface area (Å²) in [5, 5.41) is 25.5. The van der Waals surface area contributed by atoms with Crippen LogP contribution in [0.3, 0.4) is 0 Å². The number of piperidine rings is 1. The highest BCUT2D eigenvalue weighted by atomic mass is 16.4. The Morgan fingerprint density at radius 3 is 2.55 bits per heavy atom. The van der Waals surface area contributed by atoms with E-state index < -0.39 is 7.12 Å². The Balaban J connectivity index is 1.58. The summed E-state index contributed by atoms with van der Waals surface area (Å²) in [6.45, 7) is 3.42. The molecule has 0 spiro atoms. The highest BCUT2D eigenvalue weighted by Crippen LogP contribution is 2.34. The van der Waals surface area contributed by atoms with Gasteiger partial charge >= 0.3 is 7.12 Å². The molecule has 5 nitrogen and oxygen atoms in total. The molecule has 6 heteroatoms. The second kappa shape index (κ2) is 8.11. The minimum atomic E-state index is -1.14. The number of nitrogens with zero attached hydrogens (tertiary/aromatic N) is 1. The van der Waals surface area contributed by atoms with Crippen LogP contribution in [0.4, 0.5) is 0 Å². The molecule has 0 aromatic heterocycles. The molecular formula is C16H32BN3O2. The maximum absolute atomic E-state index is 9.01. The van der Waals surface area contributed by atoms with Crippen LogP contribution in [0.1, 0.15) is 51.4 Å². The molecule has 0 radical (unpaired) electrons. The Labute approximate surface area is 135 Å². The minimum Gasteiger partial charge on any atom is -0.427 e. The zero-order valence-corrected chi connectivity index (χ0v) is 13.7. The molecule has 1 saturated carbocycles. The van der Waals surface area contributed by atoms with E-state index in [1.807, 2.05) is 0 Å². The van der Waals surface area contributed by atoms with Crippen LogP contribution in [0, 0.1) is 5.92 Å². The van der Waals surface area contributed by atoms with E-state index in [0.717, 1.165) is 38.4 Å². The number of unbranched alkanes of at least 4 members (excludes halogenated alkanes) is 1. The Morgan fingerprint density at radius 2 is 1.77 bits per heavy atom. The Morgan fingerprint density at radius 1 is 1.00 bits per heavy atom. The Kier molecular flexibility index (Phi) is 6.16. The molecule has 3 atom stereocenters. The molecule has 3 rings (SSSR count). The second-order valence-electron chi connectivity index (χ2n) is 7.37. The monoisotopic (exact) mass is 309 g/mol. The smallest absolute Gasteiger partial charge is 0.427 e. The van der Waals surface area contributed by atoms with Crippen LogP contribution in [0.25, 0.3) is 0 Å². The summed E-state index contributed by atoms with van der Waals surface area (Å²) < 4.78 is 0. The van der Waals surface area contributed by atoms with Gasteiger partial charge in [-0.2, -0.15) is 0 Å². The topological polar surface area (TPSA) is 67.8 Å². The van der Waals surface area contributed by atoms with E-state index in [1.54, 1.807) is 0 Å². The number of nitrogens with one attached hydrogen (secondary N) is 2. The quantitative estimate of drug-likeness (QED) is 0.431. The SMILES string of the molecule is OB(O)CCCCN1C2CCCCC2NC1C1CCNCC1. The zero-order valence-electron chi connectivity index (χ0n) is 13.7. The summed E-state index contributed by atoms with van der Waals surface area (Å²) in [4.78, 5) is 2.74. The van der Waals surface area contributed by atoms with E-state index in [1.165, 1.54) is 38.5 Å². The molecule has 2 heterocycles. The van der Waals surface area contributed by atoms with Crippen molar-refractivity contribution in [1.82, 2.24) is 15.5 Å². The average molecular weight is 309 g/mol. The molecule has 2 saturated heterocycles. The first-order chi connectivity index (χ1) is 10.8. The van der Waals surface area contributed by atoms with E-state index in [4.69, 9.17) is 10.0 Å². The number of rotatable bonds is 6. The maximum Gasteiger partial charge on any atom is 0.451 e. The van der Waals surface area contributed by atoms with Gasteiger partial charge in [-0.15, -0.1) is 0 Å². The van der Waals surface area contributed by atoms with Crippen LogP contribution >= 0.6 is 0 Å². The normalized spacial score (nSPS) is 33.8. The van der Waals surface area contributed by atoms with Crippen molar-refractivity contribution in [3.8, 4) is 0 Å². The molecule has 0 amide bonds. The van der Waals surface area contributed by atoms with E-state index >= 15 is 0 Å². The molecule has 126 valence electrons. The largest absolute Gasteiger partial charge is 0.451 e. The van der Waals surface area contributed by atoms with Crippen molar-refractivity contribution < 1.29 is 10.0 Å². The first-order valence-corrected chi connectivity index (χ1v) is 9.34. The van der Waals surface area contributed by atoms with Gasteiger partial charge in [-0.05, 0) is 64.0 Å². The van der Waals surface area contributed by atoms with Crippen molar-refractivity contribution in [2.45, 2.75) is 75.9 Å². The van der Waals surface area contributed by atoms with Crippen LogP contribution in [0.2, 0.25) is 6.32 Å². The lowest BCUT2D eigenvalue weighted by atomic mass is 9.83. The highest BCUT2D eigenvalue weighted by molar-refractivity contribution is 6.40. The van der Waals surface area contributed by atoms with Crippen molar-refractivity contribution in [1.29, 1.82) is 0 Å². The van der Waals surface area contributed by atoms with Crippen LogP contribution in [0.5, 0.6) is 0 Å². The van der Waals surface area contributed by atoms with Crippen LogP contribution in [0.15, 0.2) is 0 Å². The summed E-state index contributed by atoms with van der Waals surface area (Å²) in [6.07, 6.45) is 11.0. The molecule has 0 aromatic rings. The fraction of sp³-hybridized carbons (Fsp3) is 1.00. The molecule has 1 aliphatic carbocycles. The van der Waals surface area contributed by atoms with Crippen molar-refractivity contribution in [3.05, 3.63) is 0 Å². The fourth-order valence-electron chi connectivity index (χ4n) is 4.72. The molecular weight excluding hydrogens is 277 g/mol. The van der Waals surface area contributed by atoms with Crippen molar-refractivity contribution in [2.24, 2.45) is 5.92 Å². The van der Waals surface area contributed by atoms with E-state index in [2.05, 4.69) is 15.5 Å². The molecule has 3 aliphatic rings. The first-order valence-electron chi connectivity index (χ1n) is 9.34. The molecule has 2 aliphatic heterocycles. The van der Waals surface area contributed by atoms with E-state index in [0.29, 0.717) is 24.6 Å². The summed E-state index contributed by atoms with van der Waals surface area (Å²) >= 11 is 0. The second-order valence-corrected chi connectivity index (χ2v) is 7.37. The predicted molar refractivity (Wildman–Crippen MR) is 89.5 cm³/mol. The van der Waals surface area contributed by atoms with Gasteiger partial charge in [-0.3, -0.25) is 10.2 Å². The van der Waals surface area contributed by atoms with Crippen LogP contribution in [-0.4, -0.2) is 60.0 Å². The van der Waals surface area contributed by atoms with Gasteiger partial charge in [0.2, 0.25) is 0 Å². The van der Waals surface area contributed by atoms with Gasteiger partial charge in [-0.25, -0.2) is 0 Å². The third-order valence-electron chi connectivity index (χ3n) is 5.86. The third-order valence-corrected chi connectivity index (χ3v) is 5.86. The zero-order chi connectivity index (χ0) is 15.4. The first kappa shape index (κ1) is 16.7. The predicted octanol–water partition coefficient (Wildman–Crippen LogP) is 0.782. The van der Waals surface area contributed by atoms with E-state index in [-0.39, 0.29) is 0 Å². The lowest BCUT2D eigenvalue weighted by Gasteiger charge is -2.37.